The Bertz CT molecular complexity index is 332. The molecular weight excluding hydrogens is 290 g/mol. The Kier molecular flexibility index (Phi) is 8.94. The van der Waals surface area contributed by atoms with Crippen LogP contribution in [0.4, 0.5) is 0 Å². The van der Waals surface area contributed by atoms with Crippen molar-refractivity contribution in [3.05, 3.63) is 0 Å². The summed E-state index contributed by atoms with van der Waals surface area (Å²) < 4.78 is 5.00. The SMILES string of the molecule is COCCCNC(=O)CN1CCCN(CC2CCCCC2)CC1. The smallest absolute Gasteiger partial charge is 0.234 e. The van der Waals surface area contributed by atoms with Crippen LogP contribution in [0, 0.1) is 5.92 Å². The molecule has 1 amide bonds. The Balaban J connectivity index is 1.61. The van der Waals surface area contributed by atoms with Gasteiger partial charge in [0, 0.05) is 39.9 Å². The van der Waals surface area contributed by atoms with E-state index in [0.29, 0.717) is 19.7 Å². The van der Waals surface area contributed by atoms with Crippen molar-refractivity contribution in [2.75, 3.05) is 59.5 Å². The van der Waals surface area contributed by atoms with E-state index in [0.717, 1.165) is 32.0 Å². The fourth-order valence-electron chi connectivity index (χ4n) is 3.80. The predicted octanol–water partition coefficient (Wildman–Crippen LogP) is 1.73. The summed E-state index contributed by atoms with van der Waals surface area (Å²) in [4.78, 5) is 16.9. The largest absolute Gasteiger partial charge is 0.385 e. The third kappa shape index (κ3) is 7.64. The van der Waals surface area contributed by atoms with Gasteiger partial charge in [-0.05, 0) is 44.7 Å². The van der Waals surface area contributed by atoms with Crippen molar-refractivity contribution in [2.45, 2.75) is 44.9 Å². The number of methoxy groups -OCH3 is 1. The minimum Gasteiger partial charge on any atom is -0.385 e. The molecule has 23 heavy (non-hydrogen) atoms. The quantitative estimate of drug-likeness (QED) is 0.690. The van der Waals surface area contributed by atoms with Gasteiger partial charge >= 0.3 is 0 Å². The second-order valence-electron chi connectivity index (χ2n) is 7.13. The van der Waals surface area contributed by atoms with Gasteiger partial charge in [-0.2, -0.15) is 0 Å². The lowest BCUT2D eigenvalue weighted by atomic mass is 9.89. The first-order chi connectivity index (χ1) is 11.3. The number of ether oxygens (including phenoxy) is 1. The molecule has 5 heteroatoms. The van der Waals surface area contributed by atoms with Crippen LogP contribution in [0.5, 0.6) is 0 Å². The van der Waals surface area contributed by atoms with Crippen molar-refractivity contribution in [1.82, 2.24) is 15.1 Å². The molecule has 0 aromatic rings. The third-order valence-corrected chi connectivity index (χ3v) is 5.14. The first kappa shape index (κ1) is 18.7. The van der Waals surface area contributed by atoms with E-state index >= 15 is 0 Å². The van der Waals surface area contributed by atoms with Crippen LogP contribution in [0.2, 0.25) is 0 Å². The highest BCUT2D eigenvalue weighted by molar-refractivity contribution is 5.77. The van der Waals surface area contributed by atoms with Crippen LogP contribution >= 0.6 is 0 Å². The summed E-state index contributed by atoms with van der Waals surface area (Å²) in [7, 11) is 1.69. The molecule has 134 valence electrons. The summed E-state index contributed by atoms with van der Waals surface area (Å²) >= 11 is 0. The van der Waals surface area contributed by atoms with Crippen LogP contribution in [0.15, 0.2) is 0 Å². The van der Waals surface area contributed by atoms with E-state index in [-0.39, 0.29) is 5.91 Å². The number of carbonyl (C=O) groups excluding carboxylic acids is 1. The van der Waals surface area contributed by atoms with E-state index < -0.39 is 0 Å². The second-order valence-corrected chi connectivity index (χ2v) is 7.13. The van der Waals surface area contributed by atoms with Crippen LogP contribution in [-0.4, -0.2) is 75.2 Å². The molecular formula is C18H35N3O2. The van der Waals surface area contributed by atoms with Crippen molar-refractivity contribution < 1.29 is 9.53 Å². The number of hydrogen-bond donors (Lipinski definition) is 1. The Labute approximate surface area is 141 Å². The molecule has 0 unspecified atom stereocenters. The highest BCUT2D eigenvalue weighted by Crippen LogP contribution is 2.24. The predicted molar refractivity (Wildman–Crippen MR) is 93.6 cm³/mol. The van der Waals surface area contributed by atoms with E-state index in [9.17, 15) is 4.79 Å². The highest BCUT2D eigenvalue weighted by Gasteiger charge is 2.20. The first-order valence-corrected chi connectivity index (χ1v) is 9.48. The van der Waals surface area contributed by atoms with Crippen molar-refractivity contribution in [3.8, 4) is 0 Å². The molecule has 1 heterocycles. The van der Waals surface area contributed by atoms with Crippen LogP contribution < -0.4 is 5.32 Å². The van der Waals surface area contributed by atoms with Gasteiger partial charge in [0.2, 0.25) is 5.91 Å². The highest BCUT2D eigenvalue weighted by atomic mass is 16.5. The maximum absolute atomic E-state index is 12.0. The maximum Gasteiger partial charge on any atom is 0.234 e. The normalized spacial score (nSPS) is 22.0. The van der Waals surface area contributed by atoms with Gasteiger partial charge in [0.1, 0.15) is 0 Å². The van der Waals surface area contributed by atoms with Crippen LogP contribution in [0.3, 0.4) is 0 Å². The molecule has 0 atom stereocenters. The van der Waals surface area contributed by atoms with Gasteiger partial charge in [-0.25, -0.2) is 0 Å². The summed E-state index contributed by atoms with van der Waals surface area (Å²) in [5.41, 5.74) is 0. The third-order valence-electron chi connectivity index (χ3n) is 5.14. The van der Waals surface area contributed by atoms with Gasteiger partial charge in [-0.15, -0.1) is 0 Å². The number of amides is 1. The van der Waals surface area contributed by atoms with Crippen LogP contribution in [0.25, 0.3) is 0 Å². The van der Waals surface area contributed by atoms with Crippen molar-refractivity contribution >= 4 is 5.91 Å². The second kappa shape index (κ2) is 11.0. The summed E-state index contributed by atoms with van der Waals surface area (Å²) in [6, 6.07) is 0. The lowest BCUT2D eigenvalue weighted by molar-refractivity contribution is -0.122. The first-order valence-electron chi connectivity index (χ1n) is 9.48. The van der Waals surface area contributed by atoms with Crippen molar-refractivity contribution in [3.63, 3.8) is 0 Å². The minimum absolute atomic E-state index is 0.154. The molecule has 0 radical (unpaired) electrons. The monoisotopic (exact) mass is 325 g/mol. The molecule has 2 fully saturated rings. The fraction of sp³-hybridized carbons (Fsp3) is 0.944. The van der Waals surface area contributed by atoms with Gasteiger partial charge in [-0.3, -0.25) is 9.69 Å². The van der Waals surface area contributed by atoms with Crippen LogP contribution in [-0.2, 0) is 9.53 Å². The Morgan fingerprint density at radius 1 is 1.04 bits per heavy atom. The van der Waals surface area contributed by atoms with E-state index in [1.54, 1.807) is 7.11 Å². The van der Waals surface area contributed by atoms with Gasteiger partial charge in [0.25, 0.3) is 0 Å². The number of hydrogen-bond acceptors (Lipinski definition) is 4. The summed E-state index contributed by atoms with van der Waals surface area (Å²) in [5, 5.41) is 2.99. The van der Waals surface area contributed by atoms with E-state index in [1.807, 2.05) is 0 Å². The van der Waals surface area contributed by atoms with Gasteiger partial charge in [0.15, 0.2) is 0 Å². The molecule has 1 N–H and O–H groups in total. The summed E-state index contributed by atoms with van der Waals surface area (Å²) in [6.45, 7) is 7.64. The number of nitrogens with one attached hydrogen (secondary N) is 1. The van der Waals surface area contributed by atoms with Crippen LogP contribution in [0.1, 0.15) is 44.9 Å². The molecule has 2 rings (SSSR count). The van der Waals surface area contributed by atoms with E-state index in [4.69, 9.17) is 4.74 Å². The molecule has 0 spiro atoms. The van der Waals surface area contributed by atoms with E-state index in [1.165, 1.54) is 51.6 Å². The zero-order chi connectivity index (χ0) is 16.3. The van der Waals surface area contributed by atoms with E-state index in [2.05, 4.69) is 15.1 Å². The molecule has 1 saturated heterocycles. The molecule has 1 saturated carbocycles. The molecule has 0 aromatic carbocycles. The van der Waals surface area contributed by atoms with Gasteiger partial charge in [0.05, 0.1) is 6.54 Å². The van der Waals surface area contributed by atoms with Gasteiger partial charge < -0.3 is 15.0 Å². The molecule has 2 aliphatic rings. The number of nitrogens with zero attached hydrogens (tertiary/aromatic N) is 2. The molecule has 1 aliphatic carbocycles. The standard InChI is InChI=1S/C18H35N3O2/c1-23-14-5-9-19-18(22)16-21-11-6-10-20(12-13-21)15-17-7-3-2-4-8-17/h17H,2-16H2,1H3,(H,19,22). The topological polar surface area (TPSA) is 44.8 Å². The Morgan fingerprint density at radius 2 is 1.78 bits per heavy atom. The molecule has 0 aromatic heterocycles. The van der Waals surface area contributed by atoms with Crippen molar-refractivity contribution in [1.29, 1.82) is 0 Å². The van der Waals surface area contributed by atoms with Crippen molar-refractivity contribution in [2.24, 2.45) is 5.92 Å². The molecule has 0 bridgehead atoms. The summed E-state index contributed by atoms with van der Waals surface area (Å²) in [5.74, 6) is 1.07. The fourth-order valence-corrected chi connectivity index (χ4v) is 3.80. The number of rotatable bonds is 8. The maximum atomic E-state index is 12.0. The zero-order valence-corrected chi connectivity index (χ0v) is 14.9. The van der Waals surface area contributed by atoms with Gasteiger partial charge in [-0.1, -0.05) is 19.3 Å². The Hall–Kier alpha value is -0.650. The zero-order valence-electron chi connectivity index (χ0n) is 14.9. The molecule has 5 nitrogen and oxygen atoms in total. The lowest BCUT2D eigenvalue weighted by Gasteiger charge is -2.28. The summed E-state index contributed by atoms with van der Waals surface area (Å²) in [6.07, 6.45) is 9.20. The number of carbonyl (C=O) groups is 1. The lowest BCUT2D eigenvalue weighted by Crippen LogP contribution is -2.40. The minimum atomic E-state index is 0.154. The average Bonchev–Trinajstić information content (AvgIpc) is 2.78. The molecule has 1 aliphatic heterocycles. The Morgan fingerprint density at radius 3 is 2.57 bits per heavy atom. The average molecular weight is 325 g/mol.